The number of nitrogens with one attached hydrogen (secondary N) is 1. The van der Waals surface area contributed by atoms with Gasteiger partial charge < -0.3 is 10.4 Å². The van der Waals surface area contributed by atoms with E-state index in [9.17, 15) is 5.11 Å². The molecule has 2 rings (SSSR count). The molecule has 1 aromatic rings. The van der Waals surface area contributed by atoms with Crippen LogP contribution in [0.3, 0.4) is 0 Å². The molecule has 0 heterocycles. The number of hydrogen-bond acceptors (Lipinski definition) is 2. The van der Waals surface area contributed by atoms with Crippen LogP contribution < -0.4 is 5.32 Å². The highest BCUT2D eigenvalue weighted by atomic mass is 16.3. The van der Waals surface area contributed by atoms with Crippen molar-refractivity contribution in [1.82, 2.24) is 5.32 Å². The van der Waals surface area contributed by atoms with Crippen molar-refractivity contribution >= 4 is 0 Å². The van der Waals surface area contributed by atoms with Gasteiger partial charge in [0.1, 0.15) is 0 Å². The molecular formula is C18H29NO. The zero-order valence-corrected chi connectivity index (χ0v) is 12.8. The van der Waals surface area contributed by atoms with E-state index in [0.29, 0.717) is 6.04 Å². The van der Waals surface area contributed by atoms with Crippen LogP contribution in [-0.2, 0) is 0 Å². The van der Waals surface area contributed by atoms with Crippen LogP contribution in [0.4, 0.5) is 0 Å². The van der Waals surface area contributed by atoms with Gasteiger partial charge in [0.15, 0.2) is 0 Å². The van der Waals surface area contributed by atoms with Crippen molar-refractivity contribution in [2.45, 2.75) is 69.9 Å². The first-order valence-electron chi connectivity index (χ1n) is 8.24. The summed E-state index contributed by atoms with van der Waals surface area (Å²) in [4.78, 5) is 0. The van der Waals surface area contributed by atoms with Crippen LogP contribution in [0.15, 0.2) is 30.3 Å². The summed E-state index contributed by atoms with van der Waals surface area (Å²) in [5.41, 5.74) is 0.851. The maximum Gasteiger partial charge on any atom is 0.0771 e. The van der Waals surface area contributed by atoms with E-state index in [0.717, 1.165) is 32.2 Å². The van der Waals surface area contributed by atoms with Crippen molar-refractivity contribution in [1.29, 1.82) is 0 Å². The lowest BCUT2D eigenvalue weighted by molar-refractivity contribution is 0.0224. The molecular weight excluding hydrogens is 246 g/mol. The van der Waals surface area contributed by atoms with Crippen LogP contribution in [0.25, 0.3) is 0 Å². The molecule has 2 N–H and O–H groups in total. The summed E-state index contributed by atoms with van der Waals surface area (Å²) >= 11 is 0. The molecule has 0 saturated heterocycles. The summed E-state index contributed by atoms with van der Waals surface area (Å²) in [6.45, 7) is 2.95. The van der Waals surface area contributed by atoms with E-state index in [1.165, 1.54) is 31.2 Å². The molecule has 0 radical (unpaired) electrons. The van der Waals surface area contributed by atoms with Crippen molar-refractivity contribution in [3.05, 3.63) is 35.9 Å². The maximum absolute atomic E-state index is 10.8. The monoisotopic (exact) mass is 275 g/mol. The molecule has 0 aromatic heterocycles. The Kier molecular flexibility index (Phi) is 6.06. The number of aliphatic hydroxyl groups is 1. The molecule has 0 bridgehead atoms. The van der Waals surface area contributed by atoms with Crippen molar-refractivity contribution < 1.29 is 5.11 Å². The Bertz CT molecular complexity index is 368. The fourth-order valence-electron chi connectivity index (χ4n) is 3.24. The maximum atomic E-state index is 10.8. The van der Waals surface area contributed by atoms with E-state index in [-0.39, 0.29) is 0 Å². The Balaban J connectivity index is 1.94. The number of hydrogen-bond donors (Lipinski definition) is 2. The largest absolute Gasteiger partial charge is 0.389 e. The molecule has 0 amide bonds. The summed E-state index contributed by atoms with van der Waals surface area (Å²) in [5.74, 6) is 0. The molecule has 1 aromatic carbocycles. The fourth-order valence-corrected chi connectivity index (χ4v) is 3.24. The van der Waals surface area contributed by atoms with Crippen molar-refractivity contribution in [3.8, 4) is 0 Å². The molecule has 1 fully saturated rings. The second-order valence-electron chi connectivity index (χ2n) is 6.27. The van der Waals surface area contributed by atoms with Crippen LogP contribution in [0.5, 0.6) is 0 Å². The molecule has 1 saturated carbocycles. The topological polar surface area (TPSA) is 32.3 Å². The first kappa shape index (κ1) is 15.5. The summed E-state index contributed by atoms with van der Waals surface area (Å²) in [6, 6.07) is 11.0. The molecule has 112 valence electrons. The van der Waals surface area contributed by atoms with Crippen LogP contribution in [0.1, 0.15) is 69.9 Å². The van der Waals surface area contributed by atoms with E-state index < -0.39 is 5.60 Å². The molecule has 1 atom stereocenters. The molecule has 2 heteroatoms. The van der Waals surface area contributed by atoms with Gasteiger partial charge in [0.05, 0.1) is 5.60 Å². The Morgan fingerprint density at radius 2 is 1.75 bits per heavy atom. The van der Waals surface area contributed by atoms with E-state index in [4.69, 9.17) is 0 Å². The second-order valence-corrected chi connectivity index (χ2v) is 6.27. The summed E-state index contributed by atoms with van der Waals surface area (Å²) in [6.07, 6.45) is 9.08. The first-order chi connectivity index (χ1) is 9.73. The minimum Gasteiger partial charge on any atom is -0.389 e. The second kappa shape index (κ2) is 7.80. The van der Waals surface area contributed by atoms with Gasteiger partial charge in [-0.3, -0.25) is 0 Å². The highest BCUT2D eigenvalue weighted by molar-refractivity contribution is 5.18. The zero-order chi connectivity index (χ0) is 14.3. The van der Waals surface area contributed by atoms with Crippen molar-refractivity contribution in [3.63, 3.8) is 0 Å². The van der Waals surface area contributed by atoms with Gasteiger partial charge in [0.2, 0.25) is 0 Å². The third kappa shape index (κ3) is 4.60. The van der Waals surface area contributed by atoms with Crippen LogP contribution >= 0.6 is 0 Å². The fraction of sp³-hybridized carbons (Fsp3) is 0.667. The van der Waals surface area contributed by atoms with Gasteiger partial charge >= 0.3 is 0 Å². The van der Waals surface area contributed by atoms with Crippen LogP contribution in [0, 0.1) is 0 Å². The van der Waals surface area contributed by atoms with E-state index in [1.54, 1.807) is 0 Å². The van der Waals surface area contributed by atoms with Crippen molar-refractivity contribution in [2.75, 3.05) is 6.54 Å². The van der Waals surface area contributed by atoms with Gasteiger partial charge in [-0.15, -0.1) is 0 Å². The van der Waals surface area contributed by atoms with Crippen LogP contribution in [-0.4, -0.2) is 17.3 Å². The molecule has 0 aliphatic heterocycles. The minimum absolute atomic E-state index is 0.369. The average molecular weight is 275 g/mol. The average Bonchev–Trinajstić information content (AvgIpc) is 2.70. The predicted molar refractivity (Wildman–Crippen MR) is 84.7 cm³/mol. The van der Waals surface area contributed by atoms with E-state index in [1.807, 2.05) is 0 Å². The quantitative estimate of drug-likeness (QED) is 0.763. The first-order valence-corrected chi connectivity index (χ1v) is 8.24. The highest BCUT2D eigenvalue weighted by Crippen LogP contribution is 2.27. The Hall–Kier alpha value is -0.860. The normalized spacial score (nSPS) is 20.3. The lowest BCUT2D eigenvalue weighted by Crippen LogP contribution is -2.41. The van der Waals surface area contributed by atoms with Crippen molar-refractivity contribution in [2.24, 2.45) is 0 Å². The SMILES string of the molecule is CCCC(NCC1(O)CCCCCC1)c1ccccc1. The van der Waals surface area contributed by atoms with Gasteiger partial charge in [-0.25, -0.2) is 0 Å². The standard InChI is InChI=1S/C18H29NO/c1-2-10-17(16-11-6-5-7-12-16)19-15-18(20)13-8-3-4-9-14-18/h5-7,11-12,17,19-20H,2-4,8-10,13-15H2,1H3. The summed E-state index contributed by atoms with van der Waals surface area (Å²) in [7, 11) is 0. The molecule has 1 aliphatic carbocycles. The summed E-state index contributed by atoms with van der Waals surface area (Å²) in [5, 5.41) is 14.4. The number of benzene rings is 1. The van der Waals surface area contributed by atoms with Gasteiger partial charge in [-0.05, 0) is 24.8 Å². The molecule has 2 nitrogen and oxygen atoms in total. The molecule has 1 unspecified atom stereocenters. The third-order valence-corrected chi connectivity index (χ3v) is 4.49. The Morgan fingerprint density at radius 1 is 1.10 bits per heavy atom. The van der Waals surface area contributed by atoms with Gasteiger partial charge in [-0.1, -0.05) is 69.4 Å². The lowest BCUT2D eigenvalue weighted by atomic mass is 9.93. The van der Waals surface area contributed by atoms with Gasteiger partial charge in [0.25, 0.3) is 0 Å². The highest BCUT2D eigenvalue weighted by Gasteiger charge is 2.28. The number of rotatable bonds is 6. The molecule has 0 spiro atoms. The smallest absolute Gasteiger partial charge is 0.0771 e. The van der Waals surface area contributed by atoms with Crippen LogP contribution in [0.2, 0.25) is 0 Å². The zero-order valence-electron chi connectivity index (χ0n) is 12.8. The third-order valence-electron chi connectivity index (χ3n) is 4.49. The Morgan fingerprint density at radius 3 is 2.35 bits per heavy atom. The lowest BCUT2D eigenvalue weighted by Gasteiger charge is -2.30. The van der Waals surface area contributed by atoms with E-state index >= 15 is 0 Å². The molecule has 20 heavy (non-hydrogen) atoms. The minimum atomic E-state index is -0.489. The van der Waals surface area contributed by atoms with E-state index in [2.05, 4.69) is 42.6 Å². The summed E-state index contributed by atoms with van der Waals surface area (Å²) < 4.78 is 0. The van der Waals surface area contributed by atoms with Gasteiger partial charge in [0, 0.05) is 12.6 Å². The predicted octanol–water partition coefficient (Wildman–Crippen LogP) is 4.20. The Labute approximate surface area is 123 Å². The molecule has 1 aliphatic rings. The van der Waals surface area contributed by atoms with Gasteiger partial charge in [-0.2, -0.15) is 0 Å².